The first kappa shape index (κ1) is 15.8. The Labute approximate surface area is 126 Å². The quantitative estimate of drug-likeness (QED) is 0.898. The topological polar surface area (TPSA) is 15.3 Å². The molecule has 4 heteroatoms. The van der Waals surface area contributed by atoms with Crippen LogP contribution in [0.25, 0.3) is 0 Å². The number of aryl methyl sites for hydroxylation is 1. The molecule has 0 aliphatic carbocycles. The van der Waals surface area contributed by atoms with Crippen LogP contribution in [0.1, 0.15) is 30.0 Å². The van der Waals surface area contributed by atoms with Gasteiger partial charge in [-0.1, -0.05) is 12.1 Å². The van der Waals surface area contributed by atoms with Crippen LogP contribution in [0.5, 0.6) is 0 Å². The Morgan fingerprint density at radius 3 is 2.95 bits per heavy atom. The van der Waals surface area contributed by atoms with Crippen LogP contribution in [-0.4, -0.2) is 43.1 Å². The Kier molecular flexibility index (Phi) is 6.33. The molecule has 1 aliphatic rings. The number of rotatable bonds is 5. The Bertz CT molecular complexity index is 417. The van der Waals surface area contributed by atoms with E-state index in [9.17, 15) is 4.39 Å². The van der Waals surface area contributed by atoms with Gasteiger partial charge in [-0.2, -0.15) is 11.8 Å². The molecular weight excluding hydrogens is 271 g/mol. The lowest BCUT2D eigenvalue weighted by Gasteiger charge is -2.23. The minimum Gasteiger partial charge on any atom is -0.313 e. The lowest BCUT2D eigenvalue weighted by atomic mass is 10.0. The van der Waals surface area contributed by atoms with Crippen LogP contribution in [0.3, 0.4) is 0 Å². The molecule has 1 saturated heterocycles. The summed E-state index contributed by atoms with van der Waals surface area (Å²) in [4.78, 5) is 2.54. The standard InChI is InChI=1S/C16H25FN2S/c1-13-4-5-14(12-15(13)17)16(18-2)6-8-19-7-3-10-20-11-9-19/h4-5,12,16,18H,3,6-11H2,1-2H3. The van der Waals surface area contributed by atoms with Crippen LogP contribution in [0.15, 0.2) is 18.2 Å². The maximum absolute atomic E-state index is 13.7. The third-order valence-corrected chi connectivity index (χ3v) is 5.04. The molecule has 0 spiro atoms. The lowest BCUT2D eigenvalue weighted by Crippen LogP contribution is -2.30. The van der Waals surface area contributed by atoms with Gasteiger partial charge in [0.2, 0.25) is 0 Å². The van der Waals surface area contributed by atoms with E-state index < -0.39 is 0 Å². The van der Waals surface area contributed by atoms with Gasteiger partial charge in [-0.05, 0) is 62.8 Å². The van der Waals surface area contributed by atoms with Crippen molar-refractivity contribution in [2.24, 2.45) is 0 Å². The normalized spacial score (nSPS) is 18.8. The van der Waals surface area contributed by atoms with E-state index in [0.717, 1.165) is 18.5 Å². The first-order valence-corrected chi connectivity index (χ1v) is 8.59. The van der Waals surface area contributed by atoms with E-state index in [2.05, 4.69) is 22.0 Å². The molecule has 0 amide bonds. The fraction of sp³-hybridized carbons (Fsp3) is 0.625. The van der Waals surface area contributed by atoms with E-state index in [1.807, 2.05) is 26.1 Å². The number of hydrogen-bond acceptors (Lipinski definition) is 3. The zero-order valence-corrected chi connectivity index (χ0v) is 13.3. The Hall–Kier alpha value is -0.580. The van der Waals surface area contributed by atoms with Crippen molar-refractivity contribution in [2.45, 2.75) is 25.8 Å². The van der Waals surface area contributed by atoms with Crippen molar-refractivity contribution in [1.82, 2.24) is 10.2 Å². The smallest absolute Gasteiger partial charge is 0.126 e. The van der Waals surface area contributed by atoms with Crippen molar-refractivity contribution in [1.29, 1.82) is 0 Å². The molecule has 1 fully saturated rings. The third-order valence-electron chi connectivity index (χ3n) is 4.00. The van der Waals surface area contributed by atoms with Crippen molar-refractivity contribution in [3.05, 3.63) is 35.1 Å². The van der Waals surface area contributed by atoms with E-state index in [-0.39, 0.29) is 11.9 Å². The Balaban J connectivity index is 1.92. The van der Waals surface area contributed by atoms with Crippen LogP contribution < -0.4 is 5.32 Å². The number of nitrogens with one attached hydrogen (secondary N) is 1. The van der Waals surface area contributed by atoms with E-state index in [1.165, 1.54) is 31.0 Å². The van der Waals surface area contributed by atoms with Crippen molar-refractivity contribution in [2.75, 3.05) is 38.2 Å². The number of halogens is 1. The number of nitrogens with zero attached hydrogens (tertiary/aromatic N) is 1. The first-order valence-electron chi connectivity index (χ1n) is 7.44. The van der Waals surface area contributed by atoms with E-state index in [1.54, 1.807) is 6.07 Å². The summed E-state index contributed by atoms with van der Waals surface area (Å²) in [7, 11) is 1.96. The fourth-order valence-electron chi connectivity index (χ4n) is 2.64. The molecule has 2 nitrogen and oxygen atoms in total. The second-order valence-corrected chi connectivity index (χ2v) is 6.67. The monoisotopic (exact) mass is 296 g/mol. The molecule has 0 saturated carbocycles. The van der Waals surface area contributed by atoms with Gasteiger partial charge in [-0.15, -0.1) is 0 Å². The second-order valence-electron chi connectivity index (χ2n) is 5.45. The first-order chi connectivity index (χ1) is 9.70. The summed E-state index contributed by atoms with van der Waals surface area (Å²) in [6, 6.07) is 5.82. The van der Waals surface area contributed by atoms with Crippen LogP contribution >= 0.6 is 11.8 Å². The summed E-state index contributed by atoms with van der Waals surface area (Å²) in [5.74, 6) is 2.42. The van der Waals surface area contributed by atoms with Gasteiger partial charge in [0.1, 0.15) is 5.82 Å². The molecular formula is C16H25FN2S. The number of benzene rings is 1. The van der Waals surface area contributed by atoms with E-state index in [0.29, 0.717) is 5.56 Å². The Morgan fingerprint density at radius 1 is 1.35 bits per heavy atom. The van der Waals surface area contributed by atoms with Crippen LogP contribution in [0.2, 0.25) is 0 Å². The number of hydrogen-bond donors (Lipinski definition) is 1. The van der Waals surface area contributed by atoms with Crippen LogP contribution in [0, 0.1) is 12.7 Å². The average Bonchev–Trinajstić information content (AvgIpc) is 2.72. The third kappa shape index (κ3) is 4.47. The highest BCUT2D eigenvalue weighted by Crippen LogP contribution is 2.20. The Morgan fingerprint density at radius 2 is 2.20 bits per heavy atom. The lowest BCUT2D eigenvalue weighted by molar-refractivity contribution is 0.277. The molecule has 1 N–H and O–H groups in total. The van der Waals surface area contributed by atoms with Crippen molar-refractivity contribution in [3.8, 4) is 0 Å². The summed E-state index contributed by atoms with van der Waals surface area (Å²) in [5, 5.41) is 3.32. The highest BCUT2D eigenvalue weighted by molar-refractivity contribution is 7.99. The minimum atomic E-state index is -0.103. The summed E-state index contributed by atoms with van der Waals surface area (Å²) in [5.41, 5.74) is 1.77. The molecule has 0 radical (unpaired) electrons. The second kappa shape index (κ2) is 8.01. The van der Waals surface area contributed by atoms with Gasteiger partial charge < -0.3 is 10.2 Å². The zero-order valence-electron chi connectivity index (χ0n) is 12.5. The van der Waals surface area contributed by atoms with Gasteiger partial charge in [0.25, 0.3) is 0 Å². The van der Waals surface area contributed by atoms with E-state index in [4.69, 9.17) is 0 Å². The molecule has 1 atom stereocenters. The summed E-state index contributed by atoms with van der Waals surface area (Å²) in [6.45, 7) is 5.28. The molecule has 1 aromatic carbocycles. The fourth-order valence-corrected chi connectivity index (χ4v) is 3.56. The molecule has 1 aromatic rings. The summed E-state index contributed by atoms with van der Waals surface area (Å²) < 4.78 is 13.7. The zero-order chi connectivity index (χ0) is 14.4. The average molecular weight is 296 g/mol. The van der Waals surface area contributed by atoms with Crippen LogP contribution in [-0.2, 0) is 0 Å². The van der Waals surface area contributed by atoms with Gasteiger partial charge >= 0.3 is 0 Å². The van der Waals surface area contributed by atoms with Gasteiger partial charge in [-0.3, -0.25) is 0 Å². The van der Waals surface area contributed by atoms with Gasteiger partial charge in [-0.25, -0.2) is 4.39 Å². The van der Waals surface area contributed by atoms with Crippen LogP contribution in [0.4, 0.5) is 4.39 Å². The molecule has 0 aromatic heterocycles. The molecule has 0 bridgehead atoms. The largest absolute Gasteiger partial charge is 0.313 e. The predicted octanol–water partition coefficient (Wildman–Crippen LogP) is 3.22. The summed E-state index contributed by atoms with van der Waals surface area (Å²) in [6.07, 6.45) is 2.32. The van der Waals surface area contributed by atoms with Crippen molar-refractivity contribution < 1.29 is 4.39 Å². The molecule has 1 unspecified atom stereocenters. The molecule has 1 heterocycles. The molecule has 2 rings (SSSR count). The van der Waals surface area contributed by atoms with Gasteiger partial charge in [0, 0.05) is 18.3 Å². The maximum Gasteiger partial charge on any atom is 0.126 e. The predicted molar refractivity (Wildman–Crippen MR) is 85.9 cm³/mol. The summed E-state index contributed by atoms with van der Waals surface area (Å²) >= 11 is 2.05. The van der Waals surface area contributed by atoms with Gasteiger partial charge in [0.15, 0.2) is 0 Å². The molecule has 20 heavy (non-hydrogen) atoms. The minimum absolute atomic E-state index is 0.103. The van der Waals surface area contributed by atoms with Crippen molar-refractivity contribution in [3.63, 3.8) is 0 Å². The molecule has 1 aliphatic heterocycles. The molecule has 112 valence electrons. The van der Waals surface area contributed by atoms with Crippen molar-refractivity contribution >= 4 is 11.8 Å². The highest BCUT2D eigenvalue weighted by Gasteiger charge is 2.14. The van der Waals surface area contributed by atoms with E-state index >= 15 is 0 Å². The highest BCUT2D eigenvalue weighted by atomic mass is 32.2. The SMILES string of the molecule is CNC(CCN1CCCSCC1)c1ccc(C)c(F)c1. The maximum atomic E-state index is 13.7. The number of thioether (sulfide) groups is 1. The van der Waals surface area contributed by atoms with Gasteiger partial charge in [0.05, 0.1) is 0 Å².